The molecular weight excluding hydrogens is 951 g/mol. The number of ketones is 1. The van der Waals surface area contributed by atoms with Crippen LogP contribution in [0.15, 0.2) is 42.5 Å². The second-order valence-corrected chi connectivity index (χ2v) is 15.7. The van der Waals surface area contributed by atoms with Gasteiger partial charge in [-0.05, 0) is 16.8 Å². The standard InChI is InChI=1S/C24BF20.C16H19O3S/c26-5-1(6(27)14(35)21(42)13(5)34)25(2-7(28)15(36)22(43)16(37)8(2)29,3-9(30)17(38)23(44)18(39)10(3)31)4-11(32)19(40)24(45)20(41)12(4)33;17-7-9-20(10-8-18)12-16(19)15-6-5-13-3-1-2-4-14(13)11-15/h;1-6,11,17-18H,7-10,12H2/q-1;+1. The Morgan fingerprint density at radius 1 is 0.385 bits per heavy atom. The van der Waals surface area contributed by atoms with E-state index in [1.807, 2.05) is 42.5 Å². The van der Waals surface area contributed by atoms with Gasteiger partial charge in [-0.25, -0.2) is 87.8 Å². The molecule has 0 aliphatic carbocycles. The molecule has 0 bridgehead atoms. The minimum Gasteiger partial charge on any atom is -0.391 e. The van der Waals surface area contributed by atoms with E-state index in [-0.39, 0.29) is 29.9 Å². The molecule has 6 aromatic carbocycles. The van der Waals surface area contributed by atoms with Crippen molar-refractivity contribution in [3.05, 3.63) is 164 Å². The maximum atomic E-state index is 15.4. The van der Waals surface area contributed by atoms with Crippen LogP contribution in [0.5, 0.6) is 0 Å². The first-order valence-corrected chi connectivity index (χ1v) is 19.3. The molecule has 6 rings (SSSR count). The van der Waals surface area contributed by atoms with Gasteiger partial charge in [0.05, 0.1) is 13.2 Å². The molecule has 0 heterocycles. The Kier molecular flexibility index (Phi) is 14.9. The highest BCUT2D eigenvalue weighted by atomic mass is 32.2. The van der Waals surface area contributed by atoms with E-state index in [0.717, 1.165) is 10.8 Å². The Balaban J connectivity index is 0.000000330. The van der Waals surface area contributed by atoms with Crippen molar-refractivity contribution in [3.8, 4) is 0 Å². The number of halogens is 20. The van der Waals surface area contributed by atoms with Gasteiger partial charge in [0.2, 0.25) is 5.78 Å². The van der Waals surface area contributed by atoms with E-state index in [4.69, 9.17) is 10.2 Å². The quantitative estimate of drug-likeness (QED) is 0.0354. The van der Waals surface area contributed by atoms with Gasteiger partial charge < -0.3 is 10.2 Å². The van der Waals surface area contributed by atoms with Crippen LogP contribution in [0, 0.1) is 116 Å². The molecule has 6 aromatic rings. The summed E-state index contributed by atoms with van der Waals surface area (Å²) >= 11 is 0. The molecule has 0 unspecified atom stereocenters. The SMILES string of the molecule is Fc1c(F)c(F)c([B-](c2c(F)c(F)c(F)c(F)c2F)(c2c(F)c(F)c(F)c(F)c2F)c2c(F)c(F)c(F)c(F)c2F)c(F)c1F.O=C(C[S+](CCO)CCO)c1ccc2ccccc2c1. The zero-order valence-corrected chi connectivity index (χ0v) is 32.2. The van der Waals surface area contributed by atoms with Crippen molar-refractivity contribution in [3.63, 3.8) is 0 Å². The second-order valence-electron chi connectivity index (χ2n) is 13.4. The molecule has 346 valence electrons. The molecule has 65 heavy (non-hydrogen) atoms. The van der Waals surface area contributed by atoms with Crippen molar-refractivity contribution in [1.82, 2.24) is 0 Å². The zero-order valence-electron chi connectivity index (χ0n) is 31.4. The van der Waals surface area contributed by atoms with Crippen molar-refractivity contribution in [2.24, 2.45) is 0 Å². The highest BCUT2D eigenvalue weighted by Crippen LogP contribution is 2.31. The van der Waals surface area contributed by atoms with Crippen LogP contribution in [0.4, 0.5) is 87.8 Å². The lowest BCUT2D eigenvalue weighted by Gasteiger charge is -2.44. The second kappa shape index (κ2) is 19.3. The number of carbonyl (C=O) groups excluding carboxylic acids is 1. The molecule has 0 amide bonds. The van der Waals surface area contributed by atoms with Gasteiger partial charge in [-0.1, -0.05) is 36.4 Å². The van der Waals surface area contributed by atoms with E-state index < -0.39 is 144 Å². The Labute approximate surface area is 352 Å². The molecule has 0 saturated carbocycles. The molecule has 0 radical (unpaired) electrons. The molecule has 0 aliphatic rings. The van der Waals surface area contributed by atoms with Gasteiger partial charge in [0.25, 0.3) is 0 Å². The average molecular weight is 970 g/mol. The molecule has 0 aliphatic heterocycles. The van der Waals surface area contributed by atoms with Crippen molar-refractivity contribution in [1.29, 1.82) is 0 Å². The summed E-state index contributed by atoms with van der Waals surface area (Å²) in [6, 6.07) is 13.7. The van der Waals surface area contributed by atoms with E-state index in [1.165, 1.54) is 0 Å². The van der Waals surface area contributed by atoms with Gasteiger partial charge in [0.1, 0.15) is 64.2 Å². The van der Waals surface area contributed by atoms with Gasteiger partial charge in [-0.2, -0.15) is 0 Å². The predicted molar refractivity (Wildman–Crippen MR) is 194 cm³/mol. The van der Waals surface area contributed by atoms with Crippen molar-refractivity contribution in [2.45, 2.75) is 0 Å². The maximum Gasteiger partial charge on any atom is 0.211 e. The molecule has 3 nitrogen and oxygen atoms in total. The smallest absolute Gasteiger partial charge is 0.211 e. The molecule has 25 heteroatoms. The monoisotopic (exact) mass is 970 g/mol. The summed E-state index contributed by atoms with van der Waals surface area (Å²) in [7, 11) is -0.238. The lowest BCUT2D eigenvalue weighted by atomic mass is 9.12. The highest BCUT2D eigenvalue weighted by molar-refractivity contribution is 7.97. The predicted octanol–water partition coefficient (Wildman–Crippen LogP) is 7.47. The molecule has 0 saturated heterocycles. The summed E-state index contributed by atoms with van der Waals surface area (Å²) in [5.41, 5.74) is -13.6. The van der Waals surface area contributed by atoms with E-state index in [0.29, 0.717) is 22.8 Å². The Hall–Kier alpha value is -5.82. The number of aliphatic hydroxyl groups is 2. The summed E-state index contributed by atoms with van der Waals surface area (Å²) in [5, 5.41) is 20.2. The molecule has 0 fully saturated rings. The summed E-state index contributed by atoms with van der Waals surface area (Å²) in [6.45, 7) is 0.127. The lowest BCUT2D eigenvalue weighted by Crippen LogP contribution is -2.81. The van der Waals surface area contributed by atoms with Crippen LogP contribution >= 0.6 is 0 Å². The van der Waals surface area contributed by atoms with Crippen LogP contribution in [0.3, 0.4) is 0 Å². The normalized spacial score (nSPS) is 11.7. The van der Waals surface area contributed by atoms with E-state index in [9.17, 15) is 57.5 Å². The Morgan fingerprint density at radius 3 is 0.923 bits per heavy atom. The molecule has 0 aromatic heterocycles. The van der Waals surface area contributed by atoms with Crippen LogP contribution in [0.25, 0.3) is 10.8 Å². The fraction of sp³-hybridized carbons (Fsp3) is 0.125. The number of carbonyl (C=O) groups is 1. The molecule has 0 spiro atoms. The third-order valence-electron chi connectivity index (χ3n) is 9.87. The summed E-state index contributed by atoms with van der Waals surface area (Å²) < 4.78 is 294. The van der Waals surface area contributed by atoms with Crippen LogP contribution in [-0.4, -0.2) is 52.6 Å². The Morgan fingerprint density at radius 2 is 0.646 bits per heavy atom. The van der Waals surface area contributed by atoms with Gasteiger partial charge >= 0.3 is 0 Å². The Bertz CT molecular complexity index is 2490. The first-order chi connectivity index (χ1) is 30.4. The van der Waals surface area contributed by atoms with Crippen LogP contribution in [0.2, 0.25) is 0 Å². The molecule has 0 atom stereocenters. The fourth-order valence-electron chi connectivity index (χ4n) is 7.01. The van der Waals surface area contributed by atoms with Crippen molar-refractivity contribution in [2.75, 3.05) is 30.5 Å². The number of hydrogen-bond acceptors (Lipinski definition) is 3. The minimum atomic E-state index is -7.22. The van der Waals surface area contributed by atoms with E-state index in [2.05, 4.69) is 0 Å². The third-order valence-corrected chi connectivity index (χ3v) is 12.1. The van der Waals surface area contributed by atoms with Crippen LogP contribution < -0.4 is 21.9 Å². The first-order valence-electron chi connectivity index (χ1n) is 17.6. The van der Waals surface area contributed by atoms with Gasteiger partial charge in [0.15, 0.2) is 75.6 Å². The van der Waals surface area contributed by atoms with E-state index >= 15 is 35.1 Å². The minimum absolute atomic E-state index is 0.0636. The first kappa shape index (κ1) is 50.2. The number of Topliss-reactive ketones (excluding diaryl/α,β-unsaturated/α-hetero) is 1. The van der Waals surface area contributed by atoms with Gasteiger partial charge in [0, 0.05) is 16.5 Å². The van der Waals surface area contributed by atoms with Gasteiger partial charge in [-0.3, -0.25) is 4.79 Å². The summed E-state index contributed by atoms with van der Waals surface area (Å²) in [5.74, 6) is -69.8. The topological polar surface area (TPSA) is 57.5 Å². The molecular formula is C40H19BF20O3S. The number of hydrogen-bond donors (Lipinski definition) is 2. The summed E-state index contributed by atoms with van der Waals surface area (Å²) in [6.07, 6.45) is -7.22. The van der Waals surface area contributed by atoms with Crippen LogP contribution in [0.1, 0.15) is 10.4 Å². The van der Waals surface area contributed by atoms with Crippen molar-refractivity contribution >= 4 is 55.4 Å². The third kappa shape index (κ3) is 8.36. The zero-order chi connectivity index (χ0) is 48.7. The molecule has 2 N–H and O–H groups in total. The number of aliphatic hydroxyl groups excluding tert-OH is 2. The lowest BCUT2D eigenvalue weighted by molar-refractivity contribution is 0.102. The largest absolute Gasteiger partial charge is 0.391 e. The fourth-order valence-corrected chi connectivity index (χ4v) is 8.56. The number of benzene rings is 6. The van der Waals surface area contributed by atoms with Gasteiger partial charge in [-0.15, -0.1) is 21.9 Å². The number of fused-ring (bicyclic) bond motifs is 1. The average Bonchev–Trinajstić information content (AvgIpc) is 3.29. The highest BCUT2D eigenvalue weighted by Gasteiger charge is 2.52. The van der Waals surface area contributed by atoms with Crippen molar-refractivity contribution < 1.29 is 103 Å². The van der Waals surface area contributed by atoms with Crippen LogP contribution in [-0.2, 0) is 10.9 Å². The maximum absolute atomic E-state index is 15.4. The number of rotatable bonds is 11. The summed E-state index contributed by atoms with van der Waals surface area (Å²) in [4.78, 5) is 12.3. The van der Waals surface area contributed by atoms with E-state index in [1.54, 1.807) is 0 Å².